The molecule has 0 fully saturated rings. The largest absolute Gasteiger partial charge is 0.347 e. The van der Waals surface area contributed by atoms with E-state index in [9.17, 15) is 14.4 Å². The summed E-state index contributed by atoms with van der Waals surface area (Å²) in [4.78, 5) is 39.7. The van der Waals surface area contributed by atoms with Gasteiger partial charge in [0, 0.05) is 0 Å². The number of hydrogen-bond acceptors (Lipinski definition) is 5. The van der Waals surface area contributed by atoms with Crippen LogP contribution in [0.4, 0.5) is 0 Å². The summed E-state index contributed by atoms with van der Waals surface area (Å²) < 4.78 is 0.728. The second-order valence-corrected chi connectivity index (χ2v) is 2.62. The summed E-state index contributed by atoms with van der Waals surface area (Å²) in [5, 5.41) is 8.35. The standard InChI is InChI=1S/C6H4N6O3/c7-1-8-12-3-2(9-6(12)15)4(13)11-5(14)10-3/h8H,(H,9,15)(H2,10,11,13,14). The van der Waals surface area contributed by atoms with Crippen molar-refractivity contribution in [1.82, 2.24) is 19.6 Å². The van der Waals surface area contributed by atoms with Crippen LogP contribution in [0.5, 0.6) is 0 Å². The minimum atomic E-state index is -0.764. The molecule has 15 heavy (non-hydrogen) atoms. The van der Waals surface area contributed by atoms with E-state index in [-0.39, 0.29) is 11.2 Å². The molecule has 9 heteroatoms. The fourth-order valence-electron chi connectivity index (χ4n) is 1.18. The van der Waals surface area contributed by atoms with Gasteiger partial charge in [-0.2, -0.15) is 9.94 Å². The van der Waals surface area contributed by atoms with Gasteiger partial charge in [-0.25, -0.2) is 15.0 Å². The summed E-state index contributed by atoms with van der Waals surface area (Å²) in [6, 6.07) is 0. The lowest BCUT2D eigenvalue weighted by atomic mass is 10.5. The summed E-state index contributed by atoms with van der Waals surface area (Å²) in [5.74, 6) is 0. The summed E-state index contributed by atoms with van der Waals surface area (Å²) in [5.41, 5.74) is -0.407. The molecular formula is C6H4N6O3. The fraction of sp³-hybridized carbons (Fsp3) is 0. The van der Waals surface area contributed by atoms with E-state index in [1.165, 1.54) is 6.19 Å². The molecule has 0 spiro atoms. The Bertz CT molecular complexity index is 722. The van der Waals surface area contributed by atoms with Gasteiger partial charge in [0.1, 0.15) is 0 Å². The Morgan fingerprint density at radius 3 is 2.60 bits per heavy atom. The molecule has 0 atom stereocenters. The van der Waals surface area contributed by atoms with Crippen LogP contribution in [0.1, 0.15) is 0 Å². The van der Waals surface area contributed by atoms with E-state index in [1.807, 2.05) is 10.4 Å². The van der Waals surface area contributed by atoms with E-state index in [1.54, 1.807) is 0 Å². The van der Waals surface area contributed by atoms with Crippen LogP contribution in [0, 0.1) is 11.5 Å². The van der Waals surface area contributed by atoms with Crippen LogP contribution in [0.15, 0.2) is 14.4 Å². The molecule has 0 saturated heterocycles. The molecule has 0 radical (unpaired) electrons. The number of hydrogen-bond donors (Lipinski definition) is 4. The van der Waals surface area contributed by atoms with Crippen LogP contribution < -0.4 is 22.4 Å². The fourth-order valence-corrected chi connectivity index (χ4v) is 1.18. The Balaban J connectivity index is 3.01. The molecule has 4 N–H and O–H groups in total. The molecule has 0 unspecified atom stereocenters. The number of nitriles is 1. The van der Waals surface area contributed by atoms with Gasteiger partial charge in [0.05, 0.1) is 0 Å². The summed E-state index contributed by atoms with van der Waals surface area (Å²) in [6.07, 6.45) is 1.50. The first-order chi connectivity index (χ1) is 7.13. The first kappa shape index (κ1) is 8.82. The average Bonchev–Trinajstić information content (AvgIpc) is 2.46. The summed E-state index contributed by atoms with van der Waals surface area (Å²) >= 11 is 0. The van der Waals surface area contributed by atoms with Gasteiger partial charge >= 0.3 is 11.4 Å². The Labute approximate surface area is 80.0 Å². The van der Waals surface area contributed by atoms with Gasteiger partial charge in [-0.3, -0.25) is 19.7 Å². The van der Waals surface area contributed by atoms with Crippen LogP contribution >= 0.6 is 0 Å². The van der Waals surface area contributed by atoms with Gasteiger partial charge in [-0.05, 0) is 0 Å². The molecular weight excluding hydrogens is 204 g/mol. The average molecular weight is 208 g/mol. The molecule has 0 aromatic carbocycles. The Morgan fingerprint density at radius 1 is 1.20 bits per heavy atom. The smallest absolute Gasteiger partial charge is 0.298 e. The predicted molar refractivity (Wildman–Crippen MR) is 48.8 cm³/mol. The van der Waals surface area contributed by atoms with Crippen LogP contribution in [0.2, 0.25) is 0 Å². The second-order valence-electron chi connectivity index (χ2n) is 2.62. The van der Waals surface area contributed by atoms with Crippen LogP contribution in [0.3, 0.4) is 0 Å². The highest BCUT2D eigenvalue weighted by atomic mass is 16.2. The molecule has 0 bridgehead atoms. The third kappa shape index (κ3) is 1.20. The predicted octanol–water partition coefficient (Wildman–Crippen LogP) is -2.27. The van der Waals surface area contributed by atoms with Crippen molar-refractivity contribution in [2.75, 3.05) is 5.43 Å². The van der Waals surface area contributed by atoms with Gasteiger partial charge in [-0.15, -0.1) is 0 Å². The van der Waals surface area contributed by atoms with Gasteiger partial charge in [0.2, 0.25) is 0 Å². The Kier molecular flexibility index (Phi) is 1.69. The molecule has 0 amide bonds. The van der Waals surface area contributed by atoms with Crippen LogP contribution in [-0.4, -0.2) is 19.6 Å². The van der Waals surface area contributed by atoms with Crippen molar-refractivity contribution >= 4 is 11.2 Å². The Hall–Kier alpha value is -2.76. The second kappa shape index (κ2) is 2.88. The van der Waals surface area contributed by atoms with Crippen molar-refractivity contribution in [2.45, 2.75) is 0 Å². The molecule has 2 heterocycles. The van der Waals surface area contributed by atoms with Gasteiger partial charge < -0.3 is 0 Å². The molecule has 2 aromatic rings. The van der Waals surface area contributed by atoms with Gasteiger partial charge in [0.25, 0.3) is 5.56 Å². The monoisotopic (exact) mass is 208 g/mol. The molecule has 0 saturated carbocycles. The Morgan fingerprint density at radius 2 is 1.93 bits per heavy atom. The van der Waals surface area contributed by atoms with Gasteiger partial charge in [0.15, 0.2) is 17.4 Å². The van der Waals surface area contributed by atoms with Gasteiger partial charge in [-0.1, -0.05) is 0 Å². The van der Waals surface area contributed by atoms with E-state index in [0.717, 1.165) is 4.68 Å². The third-order valence-electron chi connectivity index (χ3n) is 1.74. The zero-order chi connectivity index (χ0) is 11.0. The molecule has 0 aliphatic carbocycles. The minimum absolute atomic E-state index is 0.0877. The number of aromatic nitrogens is 4. The highest BCUT2D eigenvalue weighted by molar-refractivity contribution is 5.69. The maximum Gasteiger partial charge on any atom is 0.347 e. The van der Waals surface area contributed by atoms with Crippen molar-refractivity contribution in [3.8, 4) is 6.19 Å². The summed E-state index contributed by atoms with van der Waals surface area (Å²) in [6.45, 7) is 0. The number of fused-ring (bicyclic) bond motifs is 1. The van der Waals surface area contributed by atoms with Crippen molar-refractivity contribution in [3.63, 3.8) is 0 Å². The molecule has 2 aromatic heterocycles. The van der Waals surface area contributed by atoms with E-state index in [2.05, 4.69) is 9.97 Å². The molecule has 0 aliphatic rings. The minimum Gasteiger partial charge on any atom is -0.298 e. The molecule has 0 aliphatic heterocycles. The SMILES string of the molecule is N#CNn1c(=O)[nH]c2c(=O)[nH]c(=O)[nH]c21. The lowest BCUT2D eigenvalue weighted by Crippen LogP contribution is -2.26. The lowest BCUT2D eigenvalue weighted by molar-refractivity contribution is 0.909. The third-order valence-corrected chi connectivity index (χ3v) is 1.74. The van der Waals surface area contributed by atoms with E-state index in [0.29, 0.717) is 0 Å². The summed E-state index contributed by atoms with van der Waals surface area (Å²) in [7, 11) is 0. The maximum absolute atomic E-state index is 11.2. The number of aromatic amines is 3. The van der Waals surface area contributed by atoms with E-state index >= 15 is 0 Å². The molecule has 9 nitrogen and oxygen atoms in total. The number of H-pyrrole nitrogens is 3. The van der Waals surface area contributed by atoms with Crippen LogP contribution in [0.25, 0.3) is 11.2 Å². The first-order valence-corrected chi connectivity index (χ1v) is 3.76. The first-order valence-electron chi connectivity index (χ1n) is 3.76. The number of rotatable bonds is 1. The number of imidazole rings is 1. The normalized spacial score (nSPS) is 10.1. The van der Waals surface area contributed by atoms with Crippen molar-refractivity contribution < 1.29 is 0 Å². The van der Waals surface area contributed by atoms with Crippen LogP contribution in [-0.2, 0) is 0 Å². The highest BCUT2D eigenvalue weighted by Crippen LogP contribution is 1.94. The lowest BCUT2D eigenvalue weighted by Gasteiger charge is -1.95. The number of nitrogens with zero attached hydrogens (tertiary/aromatic N) is 2. The maximum atomic E-state index is 11.2. The van der Waals surface area contributed by atoms with E-state index < -0.39 is 16.9 Å². The quantitative estimate of drug-likeness (QED) is 0.309. The zero-order valence-corrected chi connectivity index (χ0v) is 7.12. The van der Waals surface area contributed by atoms with E-state index in [4.69, 9.17) is 5.26 Å². The van der Waals surface area contributed by atoms with Crippen molar-refractivity contribution in [1.29, 1.82) is 5.26 Å². The molecule has 2 rings (SSSR count). The topological polar surface area (TPSA) is 139 Å². The van der Waals surface area contributed by atoms with Crippen molar-refractivity contribution in [3.05, 3.63) is 31.3 Å². The molecule has 76 valence electrons. The highest BCUT2D eigenvalue weighted by Gasteiger charge is 2.10. The van der Waals surface area contributed by atoms with Crippen molar-refractivity contribution in [2.24, 2.45) is 0 Å². The number of nitrogens with one attached hydrogen (secondary N) is 4. The zero-order valence-electron chi connectivity index (χ0n) is 7.12.